The number of rotatable bonds is 3. The minimum atomic E-state index is -3.84. The smallest absolute Gasteiger partial charge is 0.359 e. The largest absolute Gasteiger partial charge is 0.399 e. The molecule has 0 aliphatic rings. The van der Waals surface area contributed by atoms with Gasteiger partial charge in [-0.1, -0.05) is 20.8 Å². The van der Waals surface area contributed by atoms with Crippen molar-refractivity contribution in [3.8, 4) is 0 Å². The lowest BCUT2D eigenvalue weighted by molar-refractivity contribution is -0.00506. The molecule has 0 bridgehead atoms. The maximum atomic E-state index is 12.3. The van der Waals surface area contributed by atoms with Gasteiger partial charge < -0.3 is 10.6 Å². The molecule has 0 saturated heterocycles. The Balaban J connectivity index is 3.02. The summed E-state index contributed by atoms with van der Waals surface area (Å²) >= 11 is 0. The number of hydrogen-bond donors (Lipinski definition) is 2. The third-order valence-electron chi connectivity index (χ3n) is 3.38. The molecule has 1 aromatic rings. The van der Waals surface area contributed by atoms with Crippen LogP contribution in [0.1, 0.15) is 34.6 Å². The quantitative estimate of drug-likeness (QED) is 0.655. The van der Waals surface area contributed by atoms with Gasteiger partial charge in [0.05, 0.1) is 10.9 Å². The van der Waals surface area contributed by atoms with E-state index in [1.807, 2.05) is 34.6 Å². The Labute approximate surface area is 109 Å². The summed E-state index contributed by atoms with van der Waals surface area (Å²) in [6, 6.07) is 6.22. The molecule has 1 rings (SSSR count). The number of benzene rings is 1. The first-order valence-electron chi connectivity index (χ1n) is 5.85. The van der Waals surface area contributed by atoms with Crippen LogP contribution in [0.5, 0.6) is 0 Å². The van der Waals surface area contributed by atoms with Crippen molar-refractivity contribution in [3.05, 3.63) is 24.3 Å². The molecular weight excluding hydrogens is 249 g/mol. The summed E-state index contributed by atoms with van der Waals surface area (Å²) in [5.74, 6) is 0. The van der Waals surface area contributed by atoms with Crippen molar-refractivity contribution in [2.45, 2.75) is 40.2 Å². The van der Waals surface area contributed by atoms with Crippen LogP contribution >= 0.6 is 7.60 Å². The number of nitrogen functional groups attached to an aromatic ring is 1. The molecule has 0 spiro atoms. The van der Waals surface area contributed by atoms with Gasteiger partial charge in [0.25, 0.3) is 0 Å². The van der Waals surface area contributed by atoms with Crippen LogP contribution in [0.15, 0.2) is 24.3 Å². The maximum Gasteiger partial charge on any atom is 0.359 e. The van der Waals surface area contributed by atoms with E-state index >= 15 is 0 Å². The summed E-state index contributed by atoms with van der Waals surface area (Å²) in [5.41, 5.74) is 5.13. The Kier molecular flexibility index (Phi) is 3.97. The van der Waals surface area contributed by atoms with Crippen LogP contribution in [0.2, 0.25) is 0 Å². The van der Waals surface area contributed by atoms with Gasteiger partial charge in [0.2, 0.25) is 0 Å². The maximum absolute atomic E-state index is 12.3. The number of anilines is 1. The van der Waals surface area contributed by atoms with Crippen molar-refractivity contribution in [3.63, 3.8) is 0 Å². The van der Waals surface area contributed by atoms with E-state index in [2.05, 4.69) is 0 Å². The Hall–Kier alpha value is -0.830. The van der Waals surface area contributed by atoms with Crippen molar-refractivity contribution >= 4 is 18.6 Å². The van der Waals surface area contributed by atoms with Crippen molar-refractivity contribution in [1.29, 1.82) is 0 Å². The zero-order chi connectivity index (χ0) is 14.2. The van der Waals surface area contributed by atoms with Crippen molar-refractivity contribution in [1.82, 2.24) is 0 Å². The van der Waals surface area contributed by atoms with Gasteiger partial charge >= 0.3 is 7.60 Å². The highest BCUT2D eigenvalue weighted by atomic mass is 31.2. The van der Waals surface area contributed by atoms with Gasteiger partial charge in [-0.3, -0.25) is 9.09 Å². The lowest BCUT2D eigenvalue weighted by atomic mass is 9.79. The molecule has 0 aromatic heterocycles. The standard InChI is InChI=1S/C13H22NO3P/c1-12(2,3)13(4,5)17-18(15,16)11-8-6-10(14)7-9-11/h6-9H,14H2,1-5H3,(H,15,16). The van der Waals surface area contributed by atoms with Crippen LogP contribution in [0.4, 0.5) is 5.69 Å². The normalized spacial score (nSPS) is 16.3. The molecule has 102 valence electrons. The molecule has 0 heterocycles. The first kappa shape index (κ1) is 15.2. The van der Waals surface area contributed by atoms with Gasteiger partial charge in [-0.05, 0) is 43.5 Å². The molecule has 4 nitrogen and oxygen atoms in total. The van der Waals surface area contributed by atoms with Gasteiger partial charge in [0.1, 0.15) is 0 Å². The van der Waals surface area contributed by atoms with Crippen LogP contribution < -0.4 is 11.0 Å². The zero-order valence-electron chi connectivity index (χ0n) is 11.6. The van der Waals surface area contributed by atoms with Crippen LogP contribution in [-0.4, -0.2) is 10.5 Å². The summed E-state index contributed by atoms with van der Waals surface area (Å²) in [6.45, 7) is 9.53. The predicted molar refractivity (Wildman–Crippen MR) is 74.9 cm³/mol. The van der Waals surface area contributed by atoms with E-state index in [9.17, 15) is 9.46 Å². The fourth-order valence-electron chi connectivity index (χ4n) is 1.16. The van der Waals surface area contributed by atoms with Crippen LogP contribution in [0.3, 0.4) is 0 Å². The molecule has 0 radical (unpaired) electrons. The zero-order valence-corrected chi connectivity index (χ0v) is 12.5. The van der Waals surface area contributed by atoms with Crippen LogP contribution in [-0.2, 0) is 9.09 Å². The SMILES string of the molecule is CC(C)(C)C(C)(C)OP(=O)(O)c1ccc(N)cc1. The lowest BCUT2D eigenvalue weighted by Crippen LogP contribution is -2.39. The van der Waals surface area contributed by atoms with Crippen molar-refractivity contribution < 1.29 is 14.0 Å². The van der Waals surface area contributed by atoms with Crippen molar-refractivity contribution in [2.75, 3.05) is 5.73 Å². The molecule has 1 atom stereocenters. The summed E-state index contributed by atoms with van der Waals surface area (Å²) in [6.07, 6.45) is 0. The van der Waals surface area contributed by atoms with E-state index in [1.165, 1.54) is 12.1 Å². The minimum absolute atomic E-state index is 0.251. The van der Waals surface area contributed by atoms with Gasteiger partial charge in [0, 0.05) is 5.69 Å². The molecule has 3 N–H and O–H groups in total. The number of hydrogen-bond acceptors (Lipinski definition) is 3. The first-order chi connectivity index (χ1) is 7.96. The molecule has 0 aliphatic carbocycles. The summed E-state index contributed by atoms with van der Waals surface area (Å²) in [4.78, 5) is 10.1. The summed E-state index contributed by atoms with van der Waals surface area (Å²) in [7, 11) is -3.84. The van der Waals surface area contributed by atoms with E-state index in [4.69, 9.17) is 10.3 Å². The summed E-state index contributed by atoms with van der Waals surface area (Å²) in [5, 5.41) is 0.258. The third-order valence-corrected chi connectivity index (χ3v) is 5.03. The average Bonchev–Trinajstić information content (AvgIpc) is 2.14. The van der Waals surface area contributed by atoms with E-state index in [-0.39, 0.29) is 10.7 Å². The third kappa shape index (κ3) is 3.35. The topological polar surface area (TPSA) is 72.5 Å². The molecule has 0 saturated carbocycles. The molecule has 0 fully saturated rings. The molecule has 5 heteroatoms. The predicted octanol–water partition coefficient (Wildman–Crippen LogP) is 2.92. The minimum Gasteiger partial charge on any atom is -0.399 e. The Morgan fingerprint density at radius 2 is 1.56 bits per heavy atom. The molecular formula is C13H22NO3P. The van der Waals surface area contributed by atoms with Crippen molar-refractivity contribution in [2.24, 2.45) is 5.41 Å². The van der Waals surface area contributed by atoms with Gasteiger partial charge in [-0.2, -0.15) is 0 Å². The van der Waals surface area contributed by atoms with E-state index in [0.717, 1.165) is 0 Å². The second-order valence-electron chi connectivity index (χ2n) is 5.96. The fraction of sp³-hybridized carbons (Fsp3) is 0.538. The second-order valence-corrected chi connectivity index (χ2v) is 7.70. The van der Waals surface area contributed by atoms with E-state index < -0.39 is 13.2 Å². The Bertz CT molecular complexity index is 460. The highest BCUT2D eigenvalue weighted by Gasteiger charge is 2.40. The van der Waals surface area contributed by atoms with Gasteiger partial charge in [-0.15, -0.1) is 0 Å². The second kappa shape index (κ2) is 4.69. The highest BCUT2D eigenvalue weighted by Crippen LogP contribution is 2.49. The Morgan fingerprint density at radius 3 is 1.94 bits per heavy atom. The molecule has 0 aliphatic heterocycles. The monoisotopic (exact) mass is 271 g/mol. The van der Waals surface area contributed by atoms with Gasteiger partial charge in [-0.25, -0.2) is 0 Å². The van der Waals surface area contributed by atoms with E-state index in [0.29, 0.717) is 5.69 Å². The lowest BCUT2D eigenvalue weighted by Gasteiger charge is -2.39. The fourth-order valence-corrected chi connectivity index (χ4v) is 2.69. The Morgan fingerprint density at radius 1 is 1.11 bits per heavy atom. The first-order valence-corrected chi connectivity index (χ1v) is 7.43. The summed E-state index contributed by atoms with van der Waals surface area (Å²) < 4.78 is 17.8. The van der Waals surface area contributed by atoms with Crippen LogP contribution in [0.25, 0.3) is 0 Å². The van der Waals surface area contributed by atoms with Crippen LogP contribution in [0, 0.1) is 5.41 Å². The van der Waals surface area contributed by atoms with E-state index in [1.54, 1.807) is 12.1 Å². The number of nitrogens with two attached hydrogens (primary N) is 1. The molecule has 0 amide bonds. The molecule has 1 aromatic carbocycles. The van der Waals surface area contributed by atoms with Gasteiger partial charge in [0.15, 0.2) is 0 Å². The highest BCUT2D eigenvalue weighted by molar-refractivity contribution is 7.61. The molecule has 18 heavy (non-hydrogen) atoms. The average molecular weight is 271 g/mol. The molecule has 1 unspecified atom stereocenters.